The minimum Gasteiger partial charge on any atom is -0.491 e. The number of carbonyl (C=O) groups excluding carboxylic acids is 1. The molecule has 0 radical (unpaired) electrons. The largest absolute Gasteiger partial charge is 0.491 e. The molecule has 1 atom stereocenters. The topological polar surface area (TPSA) is 103 Å². The Morgan fingerprint density at radius 1 is 1.03 bits per heavy atom. The summed E-state index contributed by atoms with van der Waals surface area (Å²) in [5.74, 6) is -0.258. The van der Waals surface area contributed by atoms with Gasteiger partial charge in [-0.15, -0.1) is 0 Å². The van der Waals surface area contributed by atoms with Gasteiger partial charge in [0.2, 0.25) is 0 Å². The molecule has 0 saturated heterocycles. The average molecular weight is 496 g/mol. The lowest BCUT2D eigenvalue weighted by atomic mass is 10.0. The highest BCUT2D eigenvalue weighted by atomic mass is 16.5. The molecule has 0 fully saturated rings. The molecule has 1 aromatic heterocycles. The van der Waals surface area contributed by atoms with Crippen molar-refractivity contribution in [3.05, 3.63) is 59.8 Å². The molecule has 0 saturated carbocycles. The Kier molecular flexibility index (Phi) is 10.6. The third-order valence-corrected chi connectivity index (χ3v) is 6.07. The second kappa shape index (κ2) is 14.1. The van der Waals surface area contributed by atoms with Crippen LogP contribution in [0.3, 0.4) is 0 Å². The maximum absolute atomic E-state index is 12.1. The number of aromatic carboxylic acids is 1. The summed E-state index contributed by atoms with van der Waals surface area (Å²) in [5.41, 5.74) is 2.27. The van der Waals surface area contributed by atoms with E-state index in [0.717, 1.165) is 17.7 Å². The number of nitrogens with one attached hydrogen (secondary N) is 1. The van der Waals surface area contributed by atoms with Gasteiger partial charge in [-0.3, -0.25) is 4.68 Å². The number of amides is 1. The van der Waals surface area contributed by atoms with E-state index in [1.54, 1.807) is 36.0 Å². The van der Waals surface area contributed by atoms with Crippen molar-refractivity contribution < 1.29 is 24.2 Å². The lowest BCUT2D eigenvalue weighted by molar-refractivity contribution is 0.0697. The Morgan fingerprint density at radius 3 is 2.50 bits per heavy atom. The molecule has 194 valence electrons. The van der Waals surface area contributed by atoms with Crippen molar-refractivity contribution in [3.8, 4) is 5.75 Å². The number of alkyl carbamates (subject to hydrolysis) is 1. The lowest BCUT2D eigenvalue weighted by Crippen LogP contribution is -2.42. The molecule has 2 aromatic carbocycles. The Labute approximate surface area is 212 Å². The van der Waals surface area contributed by atoms with E-state index in [1.807, 2.05) is 12.1 Å². The number of nitrogens with zero attached hydrogens (tertiary/aromatic N) is 2. The van der Waals surface area contributed by atoms with Crippen LogP contribution in [-0.2, 0) is 17.7 Å². The van der Waals surface area contributed by atoms with Crippen LogP contribution in [0.2, 0.25) is 0 Å². The predicted molar refractivity (Wildman–Crippen MR) is 140 cm³/mol. The number of carboxylic acids is 1. The average Bonchev–Trinajstić information content (AvgIpc) is 3.27. The summed E-state index contributed by atoms with van der Waals surface area (Å²) in [7, 11) is 0. The normalized spacial score (nSPS) is 11.8. The van der Waals surface area contributed by atoms with Crippen LogP contribution in [0.25, 0.3) is 10.9 Å². The molecule has 1 amide bonds. The van der Waals surface area contributed by atoms with Gasteiger partial charge in [0.1, 0.15) is 12.4 Å². The zero-order chi connectivity index (χ0) is 25.8. The first-order chi connectivity index (χ1) is 17.5. The van der Waals surface area contributed by atoms with E-state index in [-0.39, 0.29) is 18.8 Å². The number of carbonyl (C=O) groups is 2. The van der Waals surface area contributed by atoms with Crippen LogP contribution in [0, 0.1) is 0 Å². The fraction of sp³-hybridized carbons (Fsp3) is 0.464. The van der Waals surface area contributed by atoms with Gasteiger partial charge in [-0.05, 0) is 55.7 Å². The monoisotopic (exact) mass is 495 g/mol. The summed E-state index contributed by atoms with van der Waals surface area (Å²) < 4.78 is 12.8. The van der Waals surface area contributed by atoms with Crippen LogP contribution in [-0.4, -0.2) is 46.2 Å². The van der Waals surface area contributed by atoms with Crippen molar-refractivity contribution in [2.75, 3.05) is 13.2 Å². The number of aromatic nitrogens is 2. The Hall–Kier alpha value is -3.55. The summed E-state index contributed by atoms with van der Waals surface area (Å²) in [6.07, 6.45) is 9.83. The highest BCUT2D eigenvalue weighted by Gasteiger charge is 2.17. The second-order valence-electron chi connectivity index (χ2n) is 8.94. The first kappa shape index (κ1) is 27.0. The highest BCUT2D eigenvalue weighted by Crippen LogP contribution is 2.18. The van der Waals surface area contributed by atoms with Crippen LogP contribution < -0.4 is 10.1 Å². The van der Waals surface area contributed by atoms with Crippen LogP contribution in [0.1, 0.15) is 68.3 Å². The number of carboxylic acid groups (broad SMARTS) is 1. The molecule has 2 N–H and O–H groups in total. The van der Waals surface area contributed by atoms with E-state index in [1.165, 1.54) is 44.1 Å². The van der Waals surface area contributed by atoms with Gasteiger partial charge in [0.05, 0.1) is 36.5 Å². The Morgan fingerprint density at radius 2 is 1.78 bits per heavy atom. The molecule has 1 heterocycles. The minimum atomic E-state index is -0.988. The molecule has 0 aliphatic heterocycles. The van der Waals surface area contributed by atoms with E-state index >= 15 is 0 Å². The highest BCUT2D eigenvalue weighted by molar-refractivity contribution is 5.93. The quantitative estimate of drug-likeness (QED) is 0.257. The fourth-order valence-electron chi connectivity index (χ4n) is 4.11. The van der Waals surface area contributed by atoms with Crippen LogP contribution >= 0.6 is 0 Å². The smallest absolute Gasteiger partial charge is 0.407 e. The maximum atomic E-state index is 12.1. The SMILES string of the molecule is CCCCCCCCc1ccc(OCC(Cn2ncc3cc(C(=O)O)ccc32)NC(=O)OCC)cc1. The van der Waals surface area contributed by atoms with Gasteiger partial charge in [0.15, 0.2) is 0 Å². The lowest BCUT2D eigenvalue weighted by Gasteiger charge is -2.20. The van der Waals surface area contributed by atoms with Crippen molar-refractivity contribution in [1.29, 1.82) is 0 Å². The summed E-state index contributed by atoms with van der Waals surface area (Å²) in [4.78, 5) is 23.4. The molecule has 0 bridgehead atoms. The molecule has 3 aromatic rings. The van der Waals surface area contributed by atoms with Gasteiger partial charge in [-0.25, -0.2) is 9.59 Å². The zero-order valence-corrected chi connectivity index (χ0v) is 21.2. The molecule has 0 aliphatic carbocycles. The van der Waals surface area contributed by atoms with Crippen molar-refractivity contribution in [3.63, 3.8) is 0 Å². The van der Waals surface area contributed by atoms with Crippen molar-refractivity contribution in [1.82, 2.24) is 15.1 Å². The summed E-state index contributed by atoms with van der Waals surface area (Å²) in [6.45, 7) is 4.81. The maximum Gasteiger partial charge on any atom is 0.407 e. The third kappa shape index (κ3) is 8.29. The Balaban J connectivity index is 1.59. The molecule has 1 unspecified atom stereocenters. The number of hydrogen-bond acceptors (Lipinski definition) is 5. The molecule has 36 heavy (non-hydrogen) atoms. The standard InChI is InChI=1S/C28H37N3O5/c1-3-5-6-7-8-9-10-21-11-14-25(15-12-21)36-20-24(30-28(34)35-4-2)19-31-26-16-13-22(27(32)33)17-23(26)18-29-31/h11-18,24H,3-10,19-20H2,1-2H3,(H,30,34)(H,32,33). The van der Waals surface area contributed by atoms with Crippen molar-refractivity contribution in [2.24, 2.45) is 0 Å². The van der Waals surface area contributed by atoms with E-state index in [9.17, 15) is 14.7 Å². The van der Waals surface area contributed by atoms with Gasteiger partial charge in [0.25, 0.3) is 0 Å². The molecule has 0 spiro atoms. The van der Waals surface area contributed by atoms with E-state index < -0.39 is 18.1 Å². The number of fused-ring (bicyclic) bond motifs is 1. The molecular formula is C28H37N3O5. The zero-order valence-electron chi connectivity index (χ0n) is 21.2. The number of unbranched alkanes of at least 4 members (excludes halogenated alkanes) is 5. The molecule has 8 heteroatoms. The number of benzene rings is 2. The molecular weight excluding hydrogens is 458 g/mol. The summed E-state index contributed by atoms with van der Waals surface area (Å²) >= 11 is 0. The number of rotatable bonds is 15. The van der Waals surface area contributed by atoms with Gasteiger partial charge in [0, 0.05) is 5.39 Å². The van der Waals surface area contributed by atoms with Crippen molar-refractivity contribution >= 4 is 23.0 Å². The number of ether oxygens (including phenoxy) is 2. The van der Waals surface area contributed by atoms with E-state index in [0.29, 0.717) is 11.9 Å². The molecule has 3 rings (SSSR count). The first-order valence-electron chi connectivity index (χ1n) is 12.8. The van der Waals surface area contributed by atoms with E-state index in [4.69, 9.17) is 9.47 Å². The van der Waals surface area contributed by atoms with Gasteiger partial charge < -0.3 is 19.9 Å². The second-order valence-corrected chi connectivity index (χ2v) is 8.94. The van der Waals surface area contributed by atoms with Crippen LogP contribution in [0.5, 0.6) is 5.75 Å². The summed E-state index contributed by atoms with van der Waals surface area (Å²) in [5, 5.41) is 17.2. The fourth-order valence-corrected chi connectivity index (χ4v) is 4.11. The predicted octanol–water partition coefficient (Wildman–Crippen LogP) is 5.83. The van der Waals surface area contributed by atoms with Gasteiger partial charge >= 0.3 is 12.1 Å². The number of hydrogen-bond donors (Lipinski definition) is 2. The molecule has 8 nitrogen and oxygen atoms in total. The van der Waals surface area contributed by atoms with E-state index in [2.05, 4.69) is 29.5 Å². The van der Waals surface area contributed by atoms with Gasteiger partial charge in [-0.2, -0.15) is 5.10 Å². The molecule has 0 aliphatic rings. The van der Waals surface area contributed by atoms with Crippen molar-refractivity contribution in [2.45, 2.75) is 71.4 Å². The van der Waals surface area contributed by atoms with Crippen LogP contribution in [0.4, 0.5) is 4.79 Å². The van der Waals surface area contributed by atoms with Gasteiger partial charge in [-0.1, -0.05) is 51.2 Å². The summed E-state index contributed by atoms with van der Waals surface area (Å²) in [6, 6.07) is 12.5. The minimum absolute atomic E-state index is 0.200. The third-order valence-electron chi connectivity index (χ3n) is 6.07. The van der Waals surface area contributed by atoms with Crippen LogP contribution in [0.15, 0.2) is 48.7 Å². The number of aryl methyl sites for hydroxylation is 1. The Bertz CT molecular complexity index is 1110. The first-order valence-corrected chi connectivity index (χ1v) is 12.8.